The average molecular weight is 173 g/mol. The maximum Gasteiger partial charge on any atom is 0.218 e. The van der Waals surface area contributed by atoms with Crippen molar-refractivity contribution in [3.05, 3.63) is 0 Å². The third-order valence-corrected chi connectivity index (χ3v) is 1.77. The highest BCUT2D eigenvalue weighted by molar-refractivity contribution is 5.73. The summed E-state index contributed by atoms with van der Waals surface area (Å²) in [5.74, 6) is 0.227. The maximum absolute atomic E-state index is 10.4. The molecule has 0 spiro atoms. The van der Waals surface area contributed by atoms with Crippen molar-refractivity contribution < 1.29 is 4.79 Å². The summed E-state index contributed by atoms with van der Waals surface area (Å²) in [7, 11) is 1.97. The van der Waals surface area contributed by atoms with E-state index in [1.807, 2.05) is 7.05 Å². The molecular weight excluding hydrogens is 154 g/mol. The van der Waals surface area contributed by atoms with Crippen LogP contribution in [0.25, 0.3) is 0 Å². The molecule has 0 saturated heterocycles. The van der Waals surface area contributed by atoms with Crippen LogP contribution in [0.5, 0.6) is 0 Å². The monoisotopic (exact) mass is 173 g/mol. The normalized spacial score (nSPS) is 13.3. The minimum Gasteiger partial charge on any atom is -0.370 e. The second-order valence-corrected chi connectivity index (χ2v) is 3.32. The van der Waals surface area contributed by atoms with Crippen molar-refractivity contribution in [2.75, 3.05) is 26.7 Å². The first kappa shape index (κ1) is 11.4. The molecule has 0 saturated carbocycles. The second-order valence-electron chi connectivity index (χ2n) is 3.32. The number of carbonyl (C=O) groups is 1. The lowest BCUT2D eigenvalue weighted by Crippen LogP contribution is -2.31. The minimum absolute atomic E-state index is 0.248. The molecule has 0 fully saturated rings. The molecule has 0 aromatic rings. The van der Waals surface area contributed by atoms with Gasteiger partial charge < -0.3 is 16.4 Å². The molecule has 0 aromatic heterocycles. The van der Waals surface area contributed by atoms with Gasteiger partial charge >= 0.3 is 0 Å². The number of nitrogens with zero attached hydrogens (tertiary/aromatic N) is 1. The molecule has 0 radical (unpaired) electrons. The summed E-state index contributed by atoms with van der Waals surface area (Å²) in [6.45, 7) is 4.41. The SMILES string of the molecule is CC(CN)CN(C)CCC(N)=O. The van der Waals surface area contributed by atoms with E-state index in [9.17, 15) is 4.79 Å². The van der Waals surface area contributed by atoms with Crippen LogP contribution in [0.3, 0.4) is 0 Å². The molecule has 1 amide bonds. The van der Waals surface area contributed by atoms with Gasteiger partial charge in [0.25, 0.3) is 0 Å². The van der Waals surface area contributed by atoms with Crippen molar-refractivity contribution in [3.63, 3.8) is 0 Å². The first-order valence-electron chi connectivity index (χ1n) is 4.23. The van der Waals surface area contributed by atoms with Gasteiger partial charge in [0.05, 0.1) is 0 Å². The predicted octanol–water partition coefficient (Wildman–Crippen LogP) is -0.612. The van der Waals surface area contributed by atoms with Crippen molar-refractivity contribution in [1.29, 1.82) is 0 Å². The molecule has 1 unspecified atom stereocenters. The van der Waals surface area contributed by atoms with E-state index in [0.717, 1.165) is 13.1 Å². The number of hydrogen-bond donors (Lipinski definition) is 2. The van der Waals surface area contributed by atoms with Crippen LogP contribution in [0.4, 0.5) is 0 Å². The van der Waals surface area contributed by atoms with E-state index < -0.39 is 0 Å². The Balaban J connectivity index is 3.45. The molecule has 0 rings (SSSR count). The van der Waals surface area contributed by atoms with Gasteiger partial charge in [-0.2, -0.15) is 0 Å². The zero-order valence-corrected chi connectivity index (χ0v) is 7.92. The lowest BCUT2D eigenvalue weighted by Gasteiger charge is -2.19. The Hall–Kier alpha value is -0.610. The molecule has 4 heteroatoms. The number of carbonyl (C=O) groups excluding carboxylic acids is 1. The van der Waals surface area contributed by atoms with E-state index in [0.29, 0.717) is 18.9 Å². The first-order valence-corrected chi connectivity index (χ1v) is 4.23. The molecule has 4 N–H and O–H groups in total. The fourth-order valence-corrected chi connectivity index (χ4v) is 0.999. The van der Waals surface area contributed by atoms with Crippen LogP contribution in [0.1, 0.15) is 13.3 Å². The highest BCUT2D eigenvalue weighted by atomic mass is 16.1. The Morgan fingerprint density at radius 3 is 2.58 bits per heavy atom. The summed E-state index contributed by atoms with van der Waals surface area (Å²) in [6, 6.07) is 0. The van der Waals surface area contributed by atoms with Crippen LogP contribution < -0.4 is 11.5 Å². The standard InChI is InChI=1S/C8H19N3O/c1-7(5-9)6-11(2)4-3-8(10)12/h7H,3-6,9H2,1-2H3,(H2,10,12). The van der Waals surface area contributed by atoms with Gasteiger partial charge in [0.15, 0.2) is 0 Å². The number of primary amides is 1. The van der Waals surface area contributed by atoms with Crippen molar-refractivity contribution in [2.24, 2.45) is 17.4 Å². The predicted molar refractivity (Wildman–Crippen MR) is 49.5 cm³/mol. The van der Waals surface area contributed by atoms with Gasteiger partial charge in [0.2, 0.25) is 5.91 Å². The molecule has 0 heterocycles. The Bertz CT molecular complexity index is 138. The van der Waals surface area contributed by atoms with Crippen molar-refractivity contribution in [2.45, 2.75) is 13.3 Å². The number of amides is 1. The Morgan fingerprint density at radius 1 is 1.58 bits per heavy atom. The van der Waals surface area contributed by atoms with Crippen molar-refractivity contribution in [1.82, 2.24) is 4.90 Å². The first-order chi connectivity index (χ1) is 5.56. The third-order valence-electron chi connectivity index (χ3n) is 1.77. The van der Waals surface area contributed by atoms with Gasteiger partial charge in [-0.05, 0) is 19.5 Å². The van der Waals surface area contributed by atoms with E-state index in [1.54, 1.807) is 0 Å². The van der Waals surface area contributed by atoms with E-state index in [-0.39, 0.29) is 5.91 Å². The molecule has 0 aromatic carbocycles. The van der Waals surface area contributed by atoms with E-state index >= 15 is 0 Å². The maximum atomic E-state index is 10.4. The highest BCUT2D eigenvalue weighted by Crippen LogP contribution is 1.95. The quantitative estimate of drug-likeness (QED) is 0.562. The lowest BCUT2D eigenvalue weighted by atomic mass is 10.2. The van der Waals surface area contributed by atoms with Crippen LogP contribution >= 0.6 is 0 Å². The summed E-state index contributed by atoms with van der Waals surface area (Å²) < 4.78 is 0. The smallest absolute Gasteiger partial charge is 0.218 e. The highest BCUT2D eigenvalue weighted by Gasteiger charge is 2.05. The van der Waals surface area contributed by atoms with Gasteiger partial charge in [-0.15, -0.1) is 0 Å². The van der Waals surface area contributed by atoms with Crippen LogP contribution in [0.2, 0.25) is 0 Å². The topological polar surface area (TPSA) is 72.3 Å². The number of rotatable bonds is 6. The van der Waals surface area contributed by atoms with Gasteiger partial charge in [0.1, 0.15) is 0 Å². The van der Waals surface area contributed by atoms with Gasteiger partial charge in [-0.25, -0.2) is 0 Å². The molecule has 0 aliphatic rings. The number of hydrogen-bond acceptors (Lipinski definition) is 3. The van der Waals surface area contributed by atoms with Gasteiger partial charge in [0, 0.05) is 19.5 Å². The molecular formula is C8H19N3O. The fraction of sp³-hybridized carbons (Fsp3) is 0.875. The summed E-state index contributed by atoms with van der Waals surface area (Å²) in [5, 5.41) is 0. The zero-order chi connectivity index (χ0) is 9.56. The van der Waals surface area contributed by atoms with Crippen LogP contribution in [-0.2, 0) is 4.79 Å². The van der Waals surface area contributed by atoms with Gasteiger partial charge in [-0.3, -0.25) is 4.79 Å². The molecule has 4 nitrogen and oxygen atoms in total. The molecule has 0 aliphatic heterocycles. The summed E-state index contributed by atoms with van der Waals surface area (Å²) in [6.07, 6.45) is 0.424. The van der Waals surface area contributed by atoms with Crippen LogP contribution in [0, 0.1) is 5.92 Å². The zero-order valence-electron chi connectivity index (χ0n) is 7.92. The Labute approximate surface area is 73.9 Å². The van der Waals surface area contributed by atoms with Gasteiger partial charge in [-0.1, -0.05) is 6.92 Å². The molecule has 72 valence electrons. The van der Waals surface area contributed by atoms with Crippen molar-refractivity contribution in [3.8, 4) is 0 Å². The van der Waals surface area contributed by atoms with E-state index in [4.69, 9.17) is 11.5 Å². The number of nitrogens with two attached hydrogens (primary N) is 2. The molecule has 12 heavy (non-hydrogen) atoms. The molecule has 1 atom stereocenters. The summed E-state index contributed by atoms with van der Waals surface area (Å²) >= 11 is 0. The van der Waals surface area contributed by atoms with Crippen LogP contribution in [0.15, 0.2) is 0 Å². The third kappa shape index (κ3) is 6.12. The largest absolute Gasteiger partial charge is 0.370 e. The second kappa shape index (κ2) is 5.97. The lowest BCUT2D eigenvalue weighted by molar-refractivity contribution is -0.118. The average Bonchev–Trinajstić information content (AvgIpc) is 2.00. The summed E-state index contributed by atoms with van der Waals surface area (Å²) in [5.41, 5.74) is 10.5. The summed E-state index contributed by atoms with van der Waals surface area (Å²) in [4.78, 5) is 12.5. The van der Waals surface area contributed by atoms with E-state index in [1.165, 1.54) is 0 Å². The van der Waals surface area contributed by atoms with Crippen molar-refractivity contribution >= 4 is 5.91 Å². The Morgan fingerprint density at radius 2 is 2.17 bits per heavy atom. The fourth-order valence-electron chi connectivity index (χ4n) is 0.999. The van der Waals surface area contributed by atoms with Crippen LogP contribution in [-0.4, -0.2) is 37.5 Å². The van der Waals surface area contributed by atoms with E-state index in [2.05, 4.69) is 11.8 Å². The Kier molecular flexibility index (Phi) is 5.66. The molecule has 0 bridgehead atoms. The molecule has 0 aliphatic carbocycles. The minimum atomic E-state index is -0.248.